The standard InChI is InChI=1S/C26H29N3O6S2/c1-17-7-4-5-10-23(17)28-24(30)12-25-27-21(16-36-25)15-34-26(31)20-8-6-9-22(11-20)37(32,33)29-13-18(2)35-19(3)14-29/h4-11,16,18-19H,12-15H2,1-3H3,(H,28,30)/t18-,19-/m1/s1. The minimum atomic E-state index is -3.79. The maximum Gasteiger partial charge on any atom is 0.338 e. The van der Waals surface area contributed by atoms with E-state index in [2.05, 4.69) is 10.3 Å². The number of anilines is 1. The second kappa shape index (κ2) is 11.5. The summed E-state index contributed by atoms with van der Waals surface area (Å²) in [5.74, 6) is -0.845. The largest absolute Gasteiger partial charge is 0.456 e. The van der Waals surface area contributed by atoms with Gasteiger partial charge in [-0.05, 0) is 50.6 Å². The number of hydrogen-bond donors (Lipinski definition) is 1. The highest BCUT2D eigenvalue weighted by Crippen LogP contribution is 2.23. The van der Waals surface area contributed by atoms with Crippen molar-refractivity contribution in [2.24, 2.45) is 0 Å². The fraction of sp³-hybridized carbons (Fsp3) is 0.346. The van der Waals surface area contributed by atoms with E-state index in [9.17, 15) is 18.0 Å². The Bertz CT molecular complexity index is 1380. The van der Waals surface area contributed by atoms with Crippen LogP contribution in [0.1, 0.15) is 40.5 Å². The molecule has 1 aromatic heterocycles. The average Bonchev–Trinajstić information content (AvgIpc) is 3.30. The van der Waals surface area contributed by atoms with Gasteiger partial charge in [-0.2, -0.15) is 4.31 Å². The monoisotopic (exact) mass is 543 g/mol. The summed E-state index contributed by atoms with van der Waals surface area (Å²) < 4.78 is 38.6. The molecular weight excluding hydrogens is 514 g/mol. The van der Waals surface area contributed by atoms with Gasteiger partial charge in [0.2, 0.25) is 15.9 Å². The minimum Gasteiger partial charge on any atom is -0.456 e. The fourth-order valence-electron chi connectivity index (χ4n) is 4.02. The van der Waals surface area contributed by atoms with Crippen LogP contribution in [0.4, 0.5) is 5.69 Å². The molecule has 0 aliphatic carbocycles. The van der Waals surface area contributed by atoms with Crippen LogP contribution in [-0.4, -0.2) is 54.9 Å². The van der Waals surface area contributed by atoms with Crippen LogP contribution in [-0.2, 0) is 37.3 Å². The minimum absolute atomic E-state index is 0.0267. The van der Waals surface area contributed by atoms with Crippen LogP contribution in [0.15, 0.2) is 58.8 Å². The summed E-state index contributed by atoms with van der Waals surface area (Å²) >= 11 is 1.30. The molecule has 0 unspecified atom stereocenters. The lowest BCUT2D eigenvalue weighted by molar-refractivity contribution is -0.115. The molecule has 1 N–H and O–H groups in total. The first-order valence-electron chi connectivity index (χ1n) is 11.8. The zero-order chi connectivity index (χ0) is 26.6. The van der Waals surface area contributed by atoms with E-state index < -0.39 is 16.0 Å². The highest BCUT2D eigenvalue weighted by atomic mass is 32.2. The third kappa shape index (κ3) is 6.80. The van der Waals surface area contributed by atoms with E-state index >= 15 is 0 Å². The van der Waals surface area contributed by atoms with Gasteiger partial charge in [-0.15, -0.1) is 11.3 Å². The number of sulfonamides is 1. The number of aryl methyl sites for hydroxylation is 1. The summed E-state index contributed by atoms with van der Waals surface area (Å²) in [6.07, 6.45) is -0.336. The number of thiazole rings is 1. The third-order valence-electron chi connectivity index (χ3n) is 5.78. The van der Waals surface area contributed by atoms with Crippen molar-refractivity contribution in [1.82, 2.24) is 9.29 Å². The van der Waals surface area contributed by atoms with Crippen LogP contribution < -0.4 is 5.32 Å². The third-order valence-corrected chi connectivity index (χ3v) is 8.50. The van der Waals surface area contributed by atoms with Crippen LogP contribution in [0.3, 0.4) is 0 Å². The second-order valence-electron chi connectivity index (χ2n) is 8.96. The first-order valence-corrected chi connectivity index (χ1v) is 14.2. The Hall–Kier alpha value is -3.12. The number of nitrogens with zero attached hydrogens (tertiary/aromatic N) is 2. The van der Waals surface area contributed by atoms with Crippen LogP contribution in [0, 0.1) is 6.92 Å². The number of benzene rings is 2. The SMILES string of the molecule is Cc1ccccc1NC(=O)Cc1nc(COC(=O)c2cccc(S(=O)(=O)N3C[C@@H](C)O[C@H](C)C3)c2)cs1. The number of aromatic nitrogens is 1. The van der Waals surface area contributed by atoms with E-state index in [1.54, 1.807) is 5.38 Å². The van der Waals surface area contributed by atoms with Crippen molar-refractivity contribution in [3.8, 4) is 0 Å². The number of ether oxygens (including phenoxy) is 2. The summed E-state index contributed by atoms with van der Waals surface area (Å²) in [6.45, 7) is 5.97. The van der Waals surface area contributed by atoms with E-state index in [1.165, 1.54) is 39.9 Å². The lowest BCUT2D eigenvalue weighted by Gasteiger charge is -2.34. The van der Waals surface area contributed by atoms with E-state index in [0.717, 1.165) is 11.3 Å². The van der Waals surface area contributed by atoms with Gasteiger partial charge in [0.05, 0.1) is 34.8 Å². The predicted octanol–water partition coefficient (Wildman–Crippen LogP) is 3.79. The molecule has 2 atom stereocenters. The molecule has 1 aliphatic rings. The number of hydrogen-bond acceptors (Lipinski definition) is 8. The summed E-state index contributed by atoms with van der Waals surface area (Å²) in [4.78, 5) is 29.4. The van der Waals surface area contributed by atoms with E-state index in [1.807, 2.05) is 45.0 Å². The molecule has 0 saturated carbocycles. The molecule has 0 bridgehead atoms. The van der Waals surface area contributed by atoms with Gasteiger partial charge < -0.3 is 14.8 Å². The molecule has 11 heteroatoms. The number of carbonyl (C=O) groups excluding carboxylic acids is 2. The molecular formula is C26H29N3O6S2. The molecule has 9 nitrogen and oxygen atoms in total. The Morgan fingerprint density at radius 2 is 1.86 bits per heavy atom. The molecule has 1 aliphatic heterocycles. The smallest absolute Gasteiger partial charge is 0.338 e. The number of para-hydroxylation sites is 1. The molecule has 2 aromatic carbocycles. The number of carbonyl (C=O) groups is 2. The molecule has 3 aromatic rings. The zero-order valence-corrected chi connectivity index (χ0v) is 22.5. The molecule has 1 amide bonds. The fourth-order valence-corrected chi connectivity index (χ4v) is 6.44. The summed E-state index contributed by atoms with van der Waals surface area (Å²) in [7, 11) is -3.79. The van der Waals surface area contributed by atoms with Crippen molar-refractivity contribution in [2.75, 3.05) is 18.4 Å². The first-order chi connectivity index (χ1) is 17.6. The van der Waals surface area contributed by atoms with Crippen molar-refractivity contribution in [3.63, 3.8) is 0 Å². The van der Waals surface area contributed by atoms with Gasteiger partial charge >= 0.3 is 5.97 Å². The van der Waals surface area contributed by atoms with Crippen LogP contribution in [0.2, 0.25) is 0 Å². The van der Waals surface area contributed by atoms with Gasteiger partial charge in [-0.25, -0.2) is 18.2 Å². The van der Waals surface area contributed by atoms with Gasteiger partial charge in [0.15, 0.2) is 0 Å². The van der Waals surface area contributed by atoms with Crippen molar-refractivity contribution < 1.29 is 27.5 Å². The summed E-state index contributed by atoms with van der Waals surface area (Å²) in [5, 5.41) is 5.19. The van der Waals surface area contributed by atoms with E-state index in [-0.39, 0.29) is 54.7 Å². The van der Waals surface area contributed by atoms with Gasteiger partial charge in [0.1, 0.15) is 11.6 Å². The molecule has 0 spiro atoms. The van der Waals surface area contributed by atoms with Gasteiger partial charge in [-0.3, -0.25) is 4.79 Å². The molecule has 0 radical (unpaired) electrons. The Kier molecular flexibility index (Phi) is 8.38. The van der Waals surface area contributed by atoms with Crippen molar-refractivity contribution in [3.05, 3.63) is 75.7 Å². The Morgan fingerprint density at radius 3 is 2.59 bits per heavy atom. The van der Waals surface area contributed by atoms with Gasteiger partial charge in [-0.1, -0.05) is 24.3 Å². The predicted molar refractivity (Wildman–Crippen MR) is 140 cm³/mol. The Balaban J connectivity index is 1.35. The van der Waals surface area contributed by atoms with Crippen LogP contribution in [0.25, 0.3) is 0 Å². The number of nitrogens with one attached hydrogen (secondary N) is 1. The van der Waals surface area contributed by atoms with E-state index in [4.69, 9.17) is 9.47 Å². The first kappa shape index (κ1) is 26.9. The average molecular weight is 544 g/mol. The lowest BCUT2D eigenvalue weighted by atomic mass is 10.2. The van der Waals surface area contributed by atoms with Crippen molar-refractivity contribution in [1.29, 1.82) is 0 Å². The number of morpholine rings is 1. The van der Waals surface area contributed by atoms with Gasteiger partial charge in [0.25, 0.3) is 0 Å². The highest BCUT2D eigenvalue weighted by molar-refractivity contribution is 7.89. The Morgan fingerprint density at radius 1 is 1.14 bits per heavy atom. The number of rotatable bonds is 8. The van der Waals surface area contributed by atoms with Crippen LogP contribution >= 0.6 is 11.3 Å². The lowest BCUT2D eigenvalue weighted by Crippen LogP contribution is -2.48. The van der Waals surface area contributed by atoms with Crippen molar-refractivity contribution >= 4 is 38.9 Å². The Labute approximate surface area is 220 Å². The summed E-state index contributed by atoms with van der Waals surface area (Å²) in [5.41, 5.74) is 2.36. The topological polar surface area (TPSA) is 115 Å². The molecule has 1 fully saturated rings. The highest BCUT2D eigenvalue weighted by Gasteiger charge is 2.32. The normalized spacial score (nSPS) is 18.4. The number of amides is 1. The number of esters is 1. The second-order valence-corrected chi connectivity index (χ2v) is 11.8. The quantitative estimate of drug-likeness (QED) is 0.430. The van der Waals surface area contributed by atoms with Crippen LogP contribution in [0.5, 0.6) is 0 Å². The molecule has 2 heterocycles. The summed E-state index contributed by atoms with van der Waals surface area (Å²) in [6, 6.07) is 13.3. The van der Waals surface area contributed by atoms with Crippen molar-refractivity contribution in [2.45, 2.75) is 50.9 Å². The van der Waals surface area contributed by atoms with E-state index in [0.29, 0.717) is 10.7 Å². The molecule has 196 valence electrons. The maximum absolute atomic E-state index is 13.1. The molecule has 1 saturated heterocycles. The molecule has 4 rings (SSSR count). The molecule has 37 heavy (non-hydrogen) atoms. The maximum atomic E-state index is 13.1. The van der Waals surface area contributed by atoms with Gasteiger partial charge in [0, 0.05) is 24.2 Å². The zero-order valence-electron chi connectivity index (χ0n) is 20.8.